The van der Waals surface area contributed by atoms with E-state index in [9.17, 15) is 18.0 Å². The van der Waals surface area contributed by atoms with Gasteiger partial charge < -0.3 is 10.2 Å². The van der Waals surface area contributed by atoms with Crippen molar-refractivity contribution in [1.29, 1.82) is 0 Å². The normalized spacial score (nSPS) is 12.6. The summed E-state index contributed by atoms with van der Waals surface area (Å²) in [7, 11) is -4.13. The molecule has 0 saturated carbocycles. The Balaban J connectivity index is 1.79. The van der Waals surface area contributed by atoms with Crippen LogP contribution in [0.3, 0.4) is 0 Å². The maximum atomic E-state index is 14.4. The zero-order valence-corrected chi connectivity index (χ0v) is 26.8. The second-order valence-corrected chi connectivity index (χ2v) is 13.1. The molecule has 0 fully saturated rings. The van der Waals surface area contributed by atoms with Gasteiger partial charge in [-0.2, -0.15) is 0 Å². The average molecular weight is 632 g/mol. The first-order chi connectivity index (χ1) is 21.1. The van der Waals surface area contributed by atoms with Crippen molar-refractivity contribution in [2.24, 2.45) is 0 Å². The van der Waals surface area contributed by atoms with Gasteiger partial charge in [-0.15, -0.1) is 0 Å². The molecular formula is C35H38ClN3O4S. The number of nitrogens with zero attached hydrogens (tertiary/aromatic N) is 2. The van der Waals surface area contributed by atoms with Gasteiger partial charge in [-0.25, -0.2) is 8.42 Å². The molecule has 0 saturated heterocycles. The molecule has 44 heavy (non-hydrogen) atoms. The van der Waals surface area contributed by atoms with E-state index in [1.807, 2.05) is 51.1 Å². The highest BCUT2D eigenvalue weighted by Crippen LogP contribution is 2.25. The van der Waals surface area contributed by atoms with Crippen LogP contribution in [0.4, 0.5) is 5.69 Å². The number of hydrogen-bond donors (Lipinski definition) is 1. The average Bonchev–Trinajstić information content (AvgIpc) is 3.03. The van der Waals surface area contributed by atoms with Gasteiger partial charge in [-0.3, -0.25) is 13.9 Å². The molecule has 0 aliphatic heterocycles. The van der Waals surface area contributed by atoms with Crippen molar-refractivity contribution < 1.29 is 18.0 Å². The summed E-state index contributed by atoms with van der Waals surface area (Å²) in [4.78, 5) is 29.9. The second-order valence-electron chi connectivity index (χ2n) is 10.8. The molecule has 0 heterocycles. The predicted molar refractivity (Wildman–Crippen MR) is 176 cm³/mol. The maximum absolute atomic E-state index is 14.4. The van der Waals surface area contributed by atoms with E-state index in [1.165, 1.54) is 17.0 Å². The summed E-state index contributed by atoms with van der Waals surface area (Å²) in [5.41, 5.74) is 2.93. The number of aryl methyl sites for hydroxylation is 1. The highest BCUT2D eigenvalue weighted by atomic mass is 35.5. The van der Waals surface area contributed by atoms with Crippen molar-refractivity contribution in [3.63, 3.8) is 0 Å². The molecule has 4 aromatic rings. The van der Waals surface area contributed by atoms with Gasteiger partial charge in [0.25, 0.3) is 10.0 Å². The van der Waals surface area contributed by atoms with Gasteiger partial charge in [0, 0.05) is 24.0 Å². The monoisotopic (exact) mass is 631 g/mol. The quantitative estimate of drug-likeness (QED) is 0.185. The van der Waals surface area contributed by atoms with Crippen molar-refractivity contribution in [3.8, 4) is 0 Å². The smallest absolute Gasteiger partial charge is 0.264 e. The van der Waals surface area contributed by atoms with E-state index in [0.29, 0.717) is 17.1 Å². The summed E-state index contributed by atoms with van der Waals surface area (Å²) in [6.07, 6.45) is 0.962. The van der Waals surface area contributed by atoms with Crippen molar-refractivity contribution in [2.75, 3.05) is 10.8 Å². The summed E-state index contributed by atoms with van der Waals surface area (Å²) >= 11 is 6.14. The Morgan fingerprint density at radius 3 is 2.00 bits per heavy atom. The molecule has 7 nitrogen and oxygen atoms in total. The minimum Gasteiger partial charge on any atom is -0.352 e. The lowest BCUT2D eigenvalue weighted by molar-refractivity contribution is -0.140. The molecule has 0 unspecified atom stereocenters. The largest absolute Gasteiger partial charge is 0.352 e. The third kappa shape index (κ3) is 8.49. The van der Waals surface area contributed by atoms with Crippen LogP contribution in [0.25, 0.3) is 0 Å². The number of rotatable bonds is 13. The Labute approximate surface area is 265 Å². The van der Waals surface area contributed by atoms with Crippen LogP contribution in [0.15, 0.2) is 114 Å². The van der Waals surface area contributed by atoms with Crippen LogP contribution >= 0.6 is 11.6 Å². The molecule has 0 spiro atoms. The van der Waals surface area contributed by atoms with Gasteiger partial charge in [-0.05, 0) is 67.8 Å². The van der Waals surface area contributed by atoms with Gasteiger partial charge in [0.05, 0.1) is 10.6 Å². The van der Waals surface area contributed by atoms with Crippen LogP contribution in [0, 0.1) is 6.92 Å². The number of amides is 2. The third-order valence-corrected chi connectivity index (χ3v) is 9.51. The maximum Gasteiger partial charge on any atom is 0.264 e. The van der Waals surface area contributed by atoms with Crippen molar-refractivity contribution in [3.05, 3.63) is 131 Å². The molecule has 0 aliphatic rings. The first-order valence-corrected chi connectivity index (χ1v) is 16.4. The zero-order chi connectivity index (χ0) is 31.7. The summed E-state index contributed by atoms with van der Waals surface area (Å²) in [6.45, 7) is 5.36. The van der Waals surface area contributed by atoms with E-state index in [-0.39, 0.29) is 29.8 Å². The number of anilines is 1. The number of carbonyl (C=O) groups excluding carboxylic acids is 2. The van der Waals surface area contributed by atoms with Gasteiger partial charge in [0.2, 0.25) is 11.8 Å². The summed E-state index contributed by atoms with van der Waals surface area (Å²) in [5, 5.41) is 3.58. The van der Waals surface area contributed by atoms with Gasteiger partial charge in [-0.1, -0.05) is 96.9 Å². The van der Waals surface area contributed by atoms with E-state index in [0.717, 1.165) is 21.0 Å². The van der Waals surface area contributed by atoms with Gasteiger partial charge in [0.15, 0.2) is 0 Å². The minimum absolute atomic E-state index is 0.0629. The number of nitrogens with one attached hydrogen (secondary N) is 1. The molecule has 4 aromatic carbocycles. The first-order valence-electron chi connectivity index (χ1n) is 14.6. The molecule has 0 aliphatic carbocycles. The first kappa shape index (κ1) is 32.8. The molecule has 0 radical (unpaired) electrons. The number of hydrogen-bond acceptors (Lipinski definition) is 4. The molecule has 2 amide bonds. The standard InChI is InChI=1S/C35H38ClN3O4S/c1-4-27(3)37-35(41)33(23-28-11-7-5-8-12-28)38(24-29-17-19-30(36)20-18-29)34(40)25-39(31-21-15-26(2)16-22-31)44(42,43)32-13-9-6-10-14-32/h5-22,27,33H,4,23-25H2,1-3H3,(H,37,41)/t27-,33+/m1/s1. The lowest BCUT2D eigenvalue weighted by Crippen LogP contribution is -2.54. The van der Waals surface area contributed by atoms with Crippen LogP contribution in [0.2, 0.25) is 5.02 Å². The highest BCUT2D eigenvalue weighted by molar-refractivity contribution is 7.92. The number of sulfonamides is 1. The SMILES string of the molecule is CC[C@@H](C)NC(=O)[C@H](Cc1ccccc1)N(Cc1ccc(Cl)cc1)C(=O)CN(c1ccc(C)cc1)S(=O)(=O)c1ccccc1. The van der Waals surface area contributed by atoms with Crippen molar-refractivity contribution in [2.45, 2.75) is 57.1 Å². The Kier molecular flexibility index (Phi) is 11.2. The Hall–Kier alpha value is -4.14. The van der Waals surface area contributed by atoms with E-state index >= 15 is 0 Å². The summed E-state index contributed by atoms with van der Waals surface area (Å²) in [6, 6.07) is 30.5. The fraction of sp³-hybridized carbons (Fsp3) is 0.257. The van der Waals surface area contributed by atoms with Crippen LogP contribution in [0.1, 0.15) is 37.0 Å². The predicted octanol–water partition coefficient (Wildman–Crippen LogP) is 6.40. The molecule has 1 N–H and O–H groups in total. The minimum atomic E-state index is -4.13. The van der Waals surface area contributed by atoms with Crippen LogP contribution in [-0.2, 0) is 32.6 Å². The molecular weight excluding hydrogens is 594 g/mol. The van der Waals surface area contributed by atoms with Gasteiger partial charge >= 0.3 is 0 Å². The number of carbonyl (C=O) groups is 2. The highest BCUT2D eigenvalue weighted by Gasteiger charge is 2.34. The third-order valence-electron chi connectivity index (χ3n) is 7.47. The van der Waals surface area contributed by atoms with E-state index in [4.69, 9.17) is 11.6 Å². The fourth-order valence-corrected chi connectivity index (χ4v) is 6.30. The Morgan fingerprint density at radius 1 is 0.818 bits per heavy atom. The topological polar surface area (TPSA) is 86.8 Å². The molecule has 0 aromatic heterocycles. The van der Waals surface area contributed by atoms with E-state index in [1.54, 1.807) is 66.7 Å². The van der Waals surface area contributed by atoms with Crippen LogP contribution in [-0.4, -0.2) is 43.8 Å². The van der Waals surface area contributed by atoms with Crippen LogP contribution < -0.4 is 9.62 Å². The summed E-state index contributed by atoms with van der Waals surface area (Å²) in [5.74, 6) is -0.821. The zero-order valence-electron chi connectivity index (χ0n) is 25.2. The Morgan fingerprint density at radius 2 is 1.41 bits per heavy atom. The lowest BCUT2D eigenvalue weighted by Gasteiger charge is -2.34. The van der Waals surface area contributed by atoms with E-state index in [2.05, 4.69) is 5.32 Å². The number of benzene rings is 4. The fourth-order valence-electron chi connectivity index (χ4n) is 4.74. The van der Waals surface area contributed by atoms with Crippen molar-refractivity contribution in [1.82, 2.24) is 10.2 Å². The van der Waals surface area contributed by atoms with E-state index < -0.39 is 28.5 Å². The van der Waals surface area contributed by atoms with Crippen LogP contribution in [0.5, 0.6) is 0 Å². The lowest BCUT2D eigenvalue weighted by atomic mass is 10.0. The molecule has 0 bridgehead atoms. The Bertz CT molecular complexity index is 1630. The second kappa shape index (κ2) is 15.0. The van der Waals surface area contributed by atoms with Gasteiger partial charge in [0.1, 0.15) is 12.6 Å². The molecule has 4 rings (SSSR count). The number of halogens is 1. The molecule has 9 heteroatoms. The molecule has 2 atom stereocenters. The van der Waals surface area contributed by atoms with Crippen molar-refractivity contribution >= 4 is 39.1 Å². The molecule has 230 valence electrons. The summed E-state index contributed by atoms with van der Waals surface area (Å²) < 4.78 is 29.1.